The number of hydrogen-bond acceptors (Lipinski definition) is 2. The van der Waals surface area contributed by atoms with Gasteiger partial charge in [-0.05, 0) is 38.0 Å². The van der Waals surface area contributed by atoms with Crippen molar-refractivity contribution in [3.8, 4) is 0 Å². The first-order chi connectivity index (χ1) is 10.2. The van der Waals surface area contributed by atoms with Crippen LogP contribution in [-0.4, -0.2) is 34.8 Å². The van der Waals surface area contributed by atoms with Crippen LogP contribution in [0, 0.1) is 5.92 Å². The summed E-state index contributed by atoms with van der Waals surface area (Å²) in [6.45, 7) is 2.81. The van der Waals surface area contributed by atoms with Crippen molar-refractivity contribution in [2.24, 2.45) is 5.92 Å². The Labute approximate surface area is 127 Å². The predicted molar refractivity (Wildman–Crippen MR) is 81.7 cm³/mol. The molecule has 3 aliphatic rings. The van der Waals surface area contributed by atoms with Crippen LogP contribution in [0.3, 0.4) is 0 Å². The molecule has 1 aliphatic heterocycles. The van der Waals surface area contributed by atoms with Gasteiger partial charge in [0.15, 0.2) is 0 Å². The van der Waals surface area contributed by atoms with E-state index in [1.54, 1.807) is 0 Å². The van der Waals surface area contributed by atoms with Gasteiger partial charge in [0.05, 0.1) is 0 Å². The highest BCUT2D eigenvalue weighted by Crippen LogP contribution is 2.35. The van der Waals surface area contributed by atoms with Gasteiger partial charge < -0.3 is 10.2 Å². The van der Waals surface area contributed by atoms with E-state index in [1.807, 2.05) is 11.8 Å². The number of carbonyl (C=O) groups is 2. The van der Waals surface area contributed by atoms with Crippen LogP contribution >= 0.6 is 0 Å². The van der Waals surface area contributed by atoms with Gasteiger partial charge in [-0.1, -0.05) is 39.0 Å². The third-order valence-corrected chi connectivity index (χ3v) is 5.74. The third kappa shape index (κ3) is 2.69. The Morgan fingerprint density at radius 3 is 2.38 bits per heavy atom. The zero-order valence-electron chi connectivity index (χ0n) is 13.2. The van der Waals surface area contributed by atoms with Gasteiger partial charge in [-0.3, -0.25) is 9.59 Å². The minimum atomic E-state index is -0.570. The number of hydrogen-bond donors (Lipinski definition) is 1. The standard InChI is InChI=1S/C17H28N2O2/c1-2-14-15(20)18-17(10-6-3-7-11-17)16(21)19(14)12-13-8-4-5-9-13/h13-14H,2-12H2,1H3,(H,18,20). The van der Waals surface area contributed by atoms with Crippen LogP contribution in [0.5, 0.6) is 0 Å². The summed E-state index contributed by atoms with van der Waals surface area (Å²) in [5.74, 6) is 0.895. The van der Waals surface area contributed by atoms with Gasteiger partial charge in [0.1, 0.15) is 11.6 Å². The highest BCUT2D eigenvalue weighted by atomic mass is 16.2. The van der Waals surface area contributed by atoms with E-state index in [-0.39, 0.29) is 17.9 Å². The molecule has 1 atom stereocenters. The largest absolute Gasteiger partial charge is 0.340 e. The Morgan fingerprint density at radius 1 is 1.10 bits per heavy atom. The fourth-order valence-electron chi connectivity index (χ4n) is 4.51. The molecule has 0 aromatic rings. The van der Waals surface area contributed by atoms with E-state index >= 15 is 0 Å². The molecule has 4 heteroatoms. The molecule has 1 heterocycles. The van der Waals surface area contributed by atoms with Crippen LogP contribution < -0.4 is 5.32 Å². The second kappa shape index (κ2) is 5.98. The average Bonchev–Trinajstić information content (AvgIpc) is 2.99. The molecule has 1 saturated heterocycles. The summed E-state index contributed by atoms with van der Waals surface area (Å²) < 4.78 is 0. The minimum absolute atomic E-state index is 0.0806. The summed E-state index contributed by atoms with van der Waals surface area (Å²) in [6, 6.07) is -0.245. The fraction of sp³-hybridized carbons (Fsp3) is 0.882. The molecular weight excluding hydrogens is 264 g/mol. The van der Waals surface area contributed by atoms with Crippen molar-refractivity contribution in [2.75, 3.05) is 6.54 Å². The van der Waals surface area contributed by atoms with Gasteiger partial charge in [-0.2, -0.15) is 0 Å². The molecule has 0 radical (unpaired) electrons. The van der Waals surface area contributed by atoms with E-state index in [0.717, 1.165) is 38.6 Å². The zero-order valence-corrected chi connectivity index (χ0v) is 13.2. The normalized spacial score (nSPS) is 30.0. The lowest BCUT2D eigenvalue weighted by Crippen LogP contribution is -2.71. The van der Waals surface area contributed by atoms with Crippen LogP contribution in [0.1, 0.15) is 71.1 Å². The summed E-state index contributed by atoms with van der Waals surface area (Å²) >= 11 is 0. The van der Waals surface area contributed by atoms with Gasteiger partial charge >= 0.3 is 0 Å². The van der Waals surface area contributed by atoms with Crippen molar-refractivity contribution >= 4 is 11.8 Å². The number of rotatable bonds is 3. The van der Waals surface area contributed by atoms with E-state index in [9.17, 15) is 9.59 Å². The zero-order chi connectivity index (χ0) is 14.9. The molecule has 118 valence electrons. The quantitative estimate of drug-likeness (QED) is 0.869. The third-order valence-electron chi connectivity index (χ3n) is 5.74. The van der Waals surface area contributed by atoms with Crippen LogP contribution in [0.4, 0.5) is 0 Å². The smallest absolute Gasteiger partial charge is 0.249 e. The van der Waals surface area contributed by atoms with Gasteiger partial charge in [-0.15, -0.1) is 0 Å². The van der Waals surface area contributed by atoms with Crippen molar-refractivity contribution in [1.82, 2.24) is 10.2 Å². The van der Waals surface area contributed by atoms with Crippen molar-refractivity contribution < 1.29 is 9.59 Å². The molecule has 0 aromatic heterocycles. The monoisotopic (exact) mass is 292 g/mol. The molecular formula is C17H28N2O2. The molecule has 21 heavy (non-hydrogen) atoms. The maximum Gasteiger partial charge on any atom is 0.249 e. The van der Waals surface area contributed by atoms with Crippen molar-refractivity contribution in [3.05, 3.63) is 0 Å². The topological polar surface area (TPSA) is 49.4 Å². The summed E-state index contributed by atoms with van der Waals surface area (Å²) in [6.07, 6.45) is 10.7. The average molecular weight is 292 g/mol. The second-order valence-electron chi connectivity index (χ2n) is 7.16. The van der Waals surface area contributed by atoms with Crippen LogP contribution in [-0.2, 0) is 9.59 Å². The molecule has 1 unspecified atom stereocenters. The Hall–Kier alpha value is -1.06. The first-order valence-corrected chi connectivity index (χ1v) is 8.79. The van der Waals surface area contributed by atoms with Crippen molar-refractivity contribution in [2.45, 2.75) is 82.7 Å². The molecule has 1 spiro atoms. The molecule has 4 nitrogen and oxygen atoms in total. The lowest BCUT2D eigenvalue weighted by Gasteiger charge is -2.48. The lowest BCUT2D eigenvalue weighted by molar-refractivity contribution is -0.157. The number of carbonyl (C=O) groups excluding carboxylic acids is 2. The predicted octanol–water partition coefficient (Wildman–Crippen LogP) is 2.62. The maximum absolute atomic E-state index is 13.1. The van der Waals surface area contributed by atoms with Crippen molar-refractivity contribution in [3.63, 3.8) is 0 Å². The van der Waals surface area contributed by atoms with Gasteiger partial charge in [-0.25, -0.2) is 0 Å². The van der Waals surface area contributed by atoms with E-state index in [4.69, 9.17) is 0 Å². The summed E-state index contributed by atoms with van der Waals surface area (Å²) in [7, 11) is 0. The molecule has 0 bridgehead atoms. The molecule has 0 aromatic carbocycles. The van der Waals surface area contributed by atoms with Gasteiger partial charge in [0.2, 0.25) is 11.8 Å². The Bertz CT molecular complexity index is 409. The minimum Gasteiger partial charge on any atom is -0.340 e. The van der Waals surface area contributed by atoms with Crippen molar-refractivity contribution in [1.29, 1.82) is 0 Å². The SMILES string of the molecule is CCC1C(=O)NC2(CCCCC2)C(=O)N1CC1CCCC1. The summed E-state index contributed by atoms with van der Waals surface area (Å²) in [5.41, 5.74) is -0.570. The maximum atomic E-state index is 13.1. The van der Waals surface area contributed by atoms with E-state index in [2.05, 4.69) is 5.32 Å². The van der Waals surface area contributed by atoms with Gasteiger partial charge in [0, 0.05) is 6.54 Å². The van der Waals surface area contributed by atoms with Crippen LogP contribution in [0.25, 0.3) is 0 Å². The number of piperazine rings is 1. The summed E-state index contributed by atoms with van der Waals surface area (Å²) in [5, 5.41) is 3.11. The second-order valence-corrected chi connectivity index (χ2v) is 7.16. The first kappa shape index (κ1) is 14.9. The fourth-order valence-corrected chi connectivity index (χ4v) is 4.51. The number of amides is 2. The lowest BCUT2D eigenvalue weighted by atomic mass is 9.78. The van der Waals surface area contributed by atoms with E-state index in [1.165, 1.54) is 32.1 Å². The van der Waals surface area contributed by atoms with Crippen LogP contribution in [0.2, 0.25) is 0 Å². The van der Waals surface area contributed by atoms with Gasteiger partial charge in [0.25, 0.3) is 0 Å². The Morgan fingerprint density at radius 2 is 1.76 bits per heavy atom. The van der Waals surface area contributed by atoms with E-state index < -0.39 is 5.54 Å². The number of nitrogens with one attached hydrogen (secondary N) is 1. The first-order valence-electron chi connectivity index (χ1n) is 8.79. The Balaban J connectivity index is 1.81. The molecule has 3 rings (SSSR count). The summed E-state index contributed by atoms with van der Waals surface area (Å²) in [4.78, 5) is 27.6. The molecule has 2 saturated carbocycles. The highest BCUT2D eigenvalue weighted by Gasteiger charge is 2.50. The van der Waals surface area contributed by atoms with E-state index in [0.29, 0.717) is 5.92 Å². The molecule has 1 N–H and O–H groups in total. The highest BCUT2D eigenvalue weighted by molar-refractivity contribution is 5.99. The molecule has 2 amide bonds. The van der Waals surface area contributed by atoms with Crippen LogP contribution in [0.15, 0.2) is 0 Å². The molecule has 3 fully saturated rings. The Kier molecular flexibility index (Phi) is 4.23. The number of nitrogens with zero attached hydrogens (tertiary/aromatic N) is 1. The molecule has 2 aliphatic carbocycles.